The first-order valence-corrected chi connectivity index (χ1v) is 15.0. The molecule has 0 aliphatic carbocycles. The predicted octanol–water partition coefficient (Wildman–Crippen LogP) is 3.90. The van der Waals surface area contributed by atoms with Gasteiger partial charge in [-0.25, -0.2) is 10.6 Å². The van der Waals surface area contributed by atoms with Crippen LogP contribution in [0.5, 0.6) is 0 Å². The molecule has 0 saturated heterocycles. The Morgan fingerprint density at radius 2 is 1.44 bits per heavy atom. The summed E-state index contributed by atoms with van der Waals surface area (Å²) >= 11 is 0. The fraction of sp³-hybridized carbons (Fsp3) is 0.515. The van der Waals surface area contributed by atoms with Crippen molar-refractivity contribution in [3.8, 4) is 0 Å². The number of nitrogens with zero attached hydrogens (tertiary/aromatic N) is 1. The largest absolute Gasteiger partial charge is 0.445 e. The van der Waals surface area contributed by atoms with Crippen LogP contribution in [0, 0.1) is 11.8 Å². The lowest BCUT2D eigenvalue weighted by Gasteiger charge is -2.43. The summed E-state index contributed by atoms with van der Waals surface area (Å²) in [4.78, 5) is 54.1. The molecule has 0 radical (unpaired) electrons. The number of benzene rings is 2. The van der Waals surface area contributed by atoms with Crippen molar-refractivity contribution in [1.82, 2.24) is 15.6 Å². The van der Waals surface area contributed by atoms with Crippen molar-refractivity contribution in [3.63, 3.8) is 0 Å². The van der Waals surface area contributed by atoms with E-state index in [1.54, 1.807) is 26.0 Å². The molecule has 0 aliphatic rings. The Kier molecular flexibility index (Phi) is 14.3. The lowest BCUT2D eigenvalue weighted by atomic mass is 9.77. The summed E-state index contributed by atoms with van der Waals surface area (Å²) in [6.45, 7) is 7.90. The number of Topliss-reactive ketones (excluding diaryl/α,β-unsaturated/α-hetero) is 1. The van der Waals surface area contributed by atoms with Crippen LogP contribution in [0.2, 0.25) is 0 Å². The highest BCUT2D eigenvalue weighted by Gasteiger charge is 2.56. The number of unbranched alkanes of at least 4 members (excludes halogenated alkanes) is 2. The van der Waals surface area contributed by atoms with Crippen LogP contribution in [0.25, 0.3) is 0 Å². The summed E-state index contributed by atoms with van der Waals surface area (Å²) in [5.74, 6) is 3.31. The lowest BCUT2D eigenvalue weighted by molar-refractivity contribution is -0.161. The third-order valence-corrected chi connectivity index (χ3v) is 7.66. The fourth-order valence-electron chi connectivity index (χ4n) is 4.95. The van der Waals surface area contributed by atoms with Crippen LogP contribution < -0.4 is 16.5 Å². The van der Waals surface area contributed by atoms with Gasteiger partial charge < -0.3 is 20.5 Å². The van der Waals surface area contributed by atoms with Crippen LogP contribution in [0.4, 0.5) is 4.79 Å². The minimum absolute atomic E-state index is 0.0122. The average molecular weight is 597 g/mol. The molecule has 5 N–H and O–H groups in total. The number of aryl methyl sites for hydroxylation is 1. The Balaban J connectivity index is 2.21. The van der Waals surface area contributed by atoms with Gasteiger partial charge in [0.1, 0.15) is 6.61 Å². The zero-order valence-electron chi connectivity index (χ0n) is 26.0. The molecule has 10 nitrogen and oxygen atoms in total. The van der Waals surface area contributed by atoms with E-state index >= 15 is 0 Å². The van der Waals surface area contributed by atoms with Crippen molar-refractivity contribution in [3.05, 3.63) is 71.8 Å². The maximum Gasteiger partial charge on any atom is 0.408 e. The number of carbonyl (C=O) groups excluding carboxylic acids is 4. The molecule has 0 saturated carbocycles. The van der Waals surface area contributed by atoms with Crippen molar-refractivity contribution < 1.29 is 29.0 Å². The second-order valence-electron chi connectivity index (χ2n) is 11.5. The van der Waals surface area contributed by atoms with Gasteiger partial charge in [0.15, 0.2) is 11.3 Å². The summed E-state index contributed by atoms with van der Waals surface area (Å²) in [5.41, 5.74) is -0.184. The van der Waals surface area contributed by atoms with E-state index in [-0.39, 0.29) is 25.6 Å². The quantitative estimate of drug-likeness (QED) is 0.0711. The summed E-state index contributed by atoms with van der Waals surface area (Å²) in [7, 11) is 0. The standard InChI is InChI=1S/C33H48N4O6/c1-23(2)28(21-38)36-31(41)33(24(3)4,30(40)25(5)35-32(42)43-22-27-18-12-7-13-19-27)37(34)29(39)20-14-8-11-17-26-15-9-6-10-16-26/h6-7,9-10,12-13,15-16,18-19,23-25,28,38H,8,11,14,17,20-22,34H2,1-5H3,(H,35,42)(H,36,41)/t25-,28+,33+/m0/s1. The number of hydrogen-bond acceptors (Lipinski definition) is 7. The molecule has 2 aromatic rings. The van der Waals surface area contributed by atoms with Gasteiger partial charge in [-0.15, -0.1) is 0 Å². The second-order valence-corrected chi connectivity index (χ2v) is 11.5. The van der Waals surface area contributed by atoms with Gasteiger partial charge in [0.2, 0.25) is 5.91 Å². The fourth-order valence-corrected chi connectivity index (χ4v) is 4.95. The van der Waals surface area contributed by atoms with E-state index in [9.17, 15) is 24.3 Å². The number of aliphatic hydroxyl groups excluding tert-OH is 1. The topological polar surface area (TPSA) is 151 Å². The number of amides is 3. The molecule has 0 aliphatic heterocycles. The maximum absolute atomic E-state index is 14.1. The molecule has 0 aromatic heterocycles. The zero-order chi connectivity index (χ0) is 32.0. The minimum Gasteiger partial charge on any atom is -0.445 e. The van der Waals surface area contributed by atoms with E-state index in [0.717, 1.165) is 29.8 Å². The number of aliphatic hydroxyl groups is 1. The highest BCUT2D eigenvalue weighted by atomic mass is 16.5. The molecule has 0 bridgehead atoms. The third-order valence-electron chi connectivity index (χ3n) is 7.66. The number of carbonyl (C=O) groups is 4. The SMILES string of the molecule is CC(C)[C@@H](CO)NC(=O)[C@](C(=O)[C@H](C)NC(=O)OCc1ccccc1)(C(C)C)N(N)C(=O)CCCCCc1ccccc1. The monoisotopic (exact) mass is 596 g/mol. The maximum atomic E-state index is 14.1. The normalized spacial score (nSPS) is 14.0. The highest BCUT2D eigenvalue weighted by Crippen LogP contribution is 2.28. The Bertz CT molecular complexity index is 1170. The molecule has 43 heavy (non-hydrogen) atoms. The molecule has 0 fully saturated rings. The number of alkyl carbamates (subject to hydrolysis) is 1. The molecule has 3 amide bonds. The van der Waals surface area contributed by atoms with E-state index in [0.29, 0.717) is 6.42 Å². The van der Waals surface area contributed by atoms with E-state index in [4.69, 9.17) is 10.6 Å². The van der Waals surface area contributed by atoms with Gasteiger partial charge in [0.25, 0.3) is 5.91 Å². The summed E-state index contributed by atoms with van der Waals surface area (Å²) in [5, 5.41) is 15.8. The average Bonchev–Trinajstić information content (AvgIpc) is 2.99. The second kappa shape index (κ2) is 17.4. The van der Waals surface area contributed by atoms with E-state index in [1.807, 2.05) is 50.2 Å². The number of rotatable bonds is 17. The number of ketones is 1. The smallest absolute Gasteiger partial charge is 0.408 e. The van der Waals surface area contributed by atoms with Crippen LogP contribution in [0.3, 0.4) is 0 Å². The van der Waals surface area contributed by atoms with Crippen molar-refractivity contribution in [2.75, 3.05) is 6.61 Å². The van der Waals surface area contributed by atoms with Crippen LogP contribution >= 0.6 is 0 Å². The molecule has 2 rings (SSSR count). The first-order valence-electron chi connectivity index (χ1n) is 15.0. The molecule has 0 spiro atoms. The van der Waals surface area contributed by atoms with Crippen molar-refractivity contribution in [1.29, 1.82) is 0 Å². The molecular weight excluding hydrogens is 548 g/mol. The molecule has 0 unspecified atom stereocenters. The number of hydrazine groups is 1. The van der Waals surface area contributed by atoms with Gasteiger partial charge >= 0.3 is 6.09 Å². The number of hydrogen-bond donors (Lipinski definition) is 4. The summed E-state index contributed by atoms with van der Waals surface area (Å²) in [6, 6.07) is 17.2. The molecule has 3 atom stereocenters. The third kappa shape index (κ3) is 9.90. The summed E-state index contributed by atoms with van der Waals surface area (Å²) in [6.07, 6.45) is 2.21. The Morgan fingerprint density at radius 3 is 1.98 bits per heavy atom. The predicted molar refractivity (Wildman–Crippen MR) is 165 cm³/mol. The van der Waals surface area contributed by atoms with E-state index in [1.165, 1.54) is 12.5 Å². The minimum atomic E-state index is -2.16. The molecular formula is C33H48N4O6. The highest BCUT2D eigenvalue weighted by molar-refractivity contribution is 6.15. The number of ether oxygens (including phenoxy) is 1. The van der Waals surface area contributed by atoms with E-state index < -0.39 is 47.2 Å². The zero-order valence-corrected chi connectivity index (χ0v) is 26.0. The number of nitrogens with two attached hydrogens (primary N) is 1. The first kappa shape index (κ1) is 35.4. The van der Waals surface area contributed by atoms with Crippen LogP contribution in [0.15, 0.2) is 60.7 Å². The Labute approximate surface area is 255 Å². The van der Waals surface area contributed by atoms with Gasteiger partial charge in [0.05, 0.1) is 18.7 Å². The van der Waals surface area contributed by atoms with Crippen molar-refractivity contribution >= 4 is 23.7 Å². The number of nitrogens with one attached hydrogen (secondary N) is 2. The molecule has 0 heterocycles. The Hall–Kier alpha value is -3.76. The van der Waals surface area contributed by atoms with Gasteiger partial charge in [-0.05, 0) is 49.1 Å². The molecule has 2 aromatic carbocycles. The van der Waals surface area contributed by atoms with Crippen LogP contribution in [0.1, 0.15) is 71.4 Å². The van der Waals surface area contributed by atoms with Gasteiger partial charge in [-0.1, -0.05) is 94.8 Å². The van der Waals surface area contributed by atoms with Gasteiger partial charge in [-0.3, -0.25) is 19.4 Å². The van der Waals surface area contributed by atoms with Crippen LogP contribution in [-0.4, -0.2) is 58.0 Å². The Morgan fingerprint density at radius 1 is 0.860 bits per heavy atom. The van der Waals surface area contributed by atoms with Crippen molar-refractivity contribution in [2.45, 2.75) is 91.0 Å². The lowest BCUT2D eigenvalue weighted by Crippen LogP contribution is -2.73. The van der Waals surface area contributed by atoms with Gasteiger partial charge in [0, 0.05) is 6.42 Å². The summed E-state index contributed by atoms with van der Waals surface area (Å²) < 4.78 is 5.26. The van der Waals surface area contributed by atoms with Gasteiger partial charge in [-0.2, -0.15) is 0 Å². The van der Waals surface area contributed by atoms with Crippen molar-refractivity contribution in [2.24, 2.45) is 17.7 Å². The van der Waals surface area contributed by atoms with Crippen LogP contribution in [-0.2, 0) is 32.1 Å². The molecule has 10 heteroatoms. The van der Waals surface area contributed by atoms with E-state index in [2.05, 4.69) is 22.8 Å². The molecule has 236 valence electrons. The first-order chi connectivity index (χ1) is 20.4.